The number of benzene rings is 2. The van der Waals surface area contributed by atoms with Gasteiger partial charge in [-0.3, -0.25) is 0 Å². The van der Waals surface area contributed by atoms with Crippen molar-refractivity contribution in [3.8, 4) is 0 Å². The Bertz CT molecular complexity index is 1140. The van der Waals surface area contributed by atoms with E-state index in [1.807, 2.05) is 38.1 Å². The molecule has 3 rings (SSSR count). The fourth-order valence-corrected chi connectivity index (χ4v) is 4.14. The molecule has 1 aromatic heterocycles. The first kappa shape index (κ1) is 24.1. The maximum Gasteiger partial charge on any atom is 0.240 e. The van der Waals surface area contributed by atoms with Gasteiger partial charge in [0, 0.05) is 18.4 Å². The van der Waals surface area contributed by atoms with Crippen molar-refractivity contribution < 1.29 is 13.5 Å². The predicted molar refractivity (Wildman–Crippen MR) is 129 cm³/mol. The topological polar surface area (TPSA) is 116 Å². The van der Waals surface area contributed by atoms with E-state index in [-0.39, 0.29) is 24.1 Å². The van der Waals surface area contributed by atoms with E-state index < -0.39 is 10.0 Å². The molecule has 0 amide bonds. The normalized spacial score (nSPS) is 12.4. The van der Waals surface area contributed by atoms with Crippen LogP contribution in [0.25, 0.3) is 0 Å². The largest absolute Gasteiger partial charge is 0.394 e. The monoisotopic (exact) mass is 519 g/mol. The fraction of sp³-hybridized carbons (Fsp3) is 0.273. The number of halogens is 1. The van der Waals surface area contributed by atoms with Crippen molar-refractivity contribution in [3.63, 3.8) is 0 Å². The molecule has 0 aliphatic carbocycles. The van der Waals surface area contributed by atoms with Gasteiger partial charge in [-0.05, 0) is 59.1 Å². The van der Waals surface area contributed by atoms with Gasteiger partial charge < -0.3 is 15.7 Å². The van der Waals surface area contributed by atoms with Gasteiger partial charge >= 0.3 is 0 Å². The Morgan fingerprint density at radius 1 is 1.09 bits per heavy atom. The van der Waals surface area contributed by atoms with Crippen molar-refractivity contribution in [1.82, 2.24) is 14.7 Å². The minimum Gasteiger partial charge on any atom is -0.394 e. The van der Waals surface area contributed by atoms with Crippen LogP contribution in [0.2, 0.25) is 0 Å². The zero-order valence-corrected chi connectivity index (χ0v) is 20.2. The SMILES string of the molecule is CC[C@H](CO)Nc1nc(Nc2ccc(S(=O)(=O)NCc3ccc(C)cc3)cc2)ncc1Br. The lowest BCUT2D eigenvalue weighted by Gasteiger charge is -2.16. The van der Waals surface area contributed by atoms with E-state index in [0.717, 1.165) is 17.5 Å². The summed E-state index contributed by atoms with van der Waals surface area (Å²) in [7, 11) is -3.64. The van der Waals surface area contributed by atoms with Crippen LogP contribution >= 0.6 is 15.9 Å². The molecule has 3 aromatic rings. The van der Waals surface area contributed by atoms with Crippen LogP contribution in [0.5, 0.6) is 0 Å². The summed E-state index contributed by atoms with van der Waals surface area (Å²) in [4.78, 5) is 8.82. The Morgan fingerprint density at radius 2 is 1.78 bits per heavy atom. The number of hydrogen-bond donors (Lipinski definition) is 4. The number of sulfonamides is 1. The number of aliphatic hydroxyl groups excluding tert-OH is 1. The van der Waals surface area contributed by atoms with E-state index in [1.54, 1.807) is 18.3 Å². The Hall–Kier alpha value is -2.53. The molecule has 0 spiro atoms. The lowest BCUT2D eigenvalue weighted by molar-refractivity contribution is 0.271. The lowest BCUT2D eigenvalue weighted by Crippen LogP contribution is -2.23. The van der Waals surface area contributed by atoms with E-state index >= 15 is 0 Å². The third-order valence-electron chi connectivity index (χ3n) is 4.81. The molecule has 2 aromatic carbocycles. The summed E-state index contributed by atoms with van der Waals surface area (Å²) in [5, 5.41) is 15.6. The van der Waals surface area contributed by atoms with E-state index in [2.05, 4.69) is 41.3 Å². The van der Waals surface area contributed by atoms with E-state index in [1.165, 1.54) is 12.1 Å². The highest BCUT2D eigenvalue weighted by molar-refractivity contribution is 9.10. The van der Waals surface area contributed by atoms with Crippen LogP contribution in [0.15, 0.2) is 64.1 Å². The molecule has 0 bridgehead atoms. The fourth-order valence-electron chi connectivity index (χ4n) is 2.81. The van der Waals surface area contributed by atoms with Gasteiger partial charge in [-0.15, -0.1) is 0 Å². The Labute approximate surface area is 196 Å². The van der Waals surface area contributed by atoms with E-state index in [9.17, 15) is 13.5 Å². The van der Waals surface area contributed by atoms with Gasteiger partial charge in [-0.25, -0.2) is 18.1 Å². The van der Waals surface area contributed by atoms with E-state index in [0.29, 0.717) is 21.9 Å². The molecule has 8 nitrogen and oxygen atoms in total. The molecule has 1 atom stereocenters. The summed E-state index contributed by atoms with van der Waals surface area (Å²) in [5.41, 5.74) is 2.65. The van der Waals surface area contributed by atoms with Crippen LogP contribution in [-0.2, 0) is 16.6 Å². The Balaban J connectivity index is 1.67. The number of anilines is 3. The highest BCUT2D eigenvalue weighted by Gasteiger charge is 2.14. The van der Waals surface area contributed by atoms with Crippen LogP contribution < -0.4 is 15.4 Å². The summed E-state index contributed by atoms with van der Waals surface area (Å²) >= 11 is 3.40. The number of aliphatic hydroxyl groups is 1. The van der Waals surface area contributed by atoms with Crippen molar-refractivity contribution in [2.24, 2.45) is 0 Å². The molecule has 170 valence electrons. The second-order valence-corrected chi connectivity index (χ2v) is 9.90. The maximum atomic E-state index is 12.6. The van der Waals surface area contributed by atoms with Gasteiger partial charge in [0.05, 0.1) is 22.0 Å². The quantitative estimate of drug-likeness (QED) is 0.320. The molecule has 0 fully saturated rings. The van der Waals surface area contributed by atoms with Crippen LogP contribution in [0, 0.1) is 6.92 Å². The minimum atomic E-state index is -3.64. The third-order valence-corrected chi connectivity index (χ3v) is 6.80. The average molecular weight is 520 g/mol. The first-order valence-corrected chi connectivity index (χ1v) is 12.4. The van der Waals surface area contributed by atoms with Crippen molar-refractivity contribution in [1.29, 1.82) is 0 Å². The maximum absolute atomic E-state index is 12.6. The molecule has 0 saturated heterocycles. The Kier molecular flexibility index (Phi) is 8.19. The Morgan fingerprint density at radius 3 is 2.41 bits per heavy atom. The molecule has 0 aliphatic heterocycles. The molecule has 32 heavy (non-hydrogen) atoms. The number of aromatic nitrogens is 2. The first-order valence-electron chi connectivity index (χ1n) is 10.1. The van der Waals surface area contributed by atoms with Crippen LogP contribution in [0.1, 0.15) is 24.5 Å². The third kappa shape index (κ3) is 6.49. The number of aryl methyl sites for hydroxylation is 1. The molecule has 1 heterocycles. The minimum absolute atomic E-state index is 0.0103. The average Bonchev–Trinajstić information content (AvgIpc) is 2.79. The van der Waals surface area contributed by atoms with Gasteiger partial charge in [0.1, 0.15) is 5.82 Å². The number of hydrogen-bond acceptors (Lipinski definition) is 7. The van der Waals surface area contributed by atoms with Crippen LogP contribution in [0.3, 0.4) is 0 Å². The van der Waals surface area contributed by atoms with Crippen molar-refractivity contribution in [3.05, 3.63) is 70.3 Å². The summed E-state index contributed by atoms with van der Waals surface area (Å²) in [6.45, 7) is 4.16. The summed E-state index contributed by atoms with van der Waals surface area (Å²) < 4.78 is 28.5. The molecular formula is C22H26BrN5O3S. The highest BCUT2D eigenvalue weighted by Crippen LogP contribution is 2.23. The summed E-state index contributed by atoms with van der Waals surface area (Å²) in [5.74, 6) is 0.902. The van der Waals surface area contributed by atoms with Gasteiger partial charge in [-0.2, -0.15) is 4.98 Å². The van der Waals surface area contributed by atoms with Gasteiger partial charge in [0.2, 0.25) is 16.0 Å². The van der Waals surface area contributed by atoms with Crippen LogP contribution in [-0.4, -0.2) is 36.1 Å². The smallest absolute Gasteiger partial charge is 0.240 e. The van der Waals surface area contributed by atoms with Gasteiger partial charge in [0.15, 0.2) is 0 Å². The zero-order chi connectivity index (χ0) is 23.1. The molecule has 0 unspecified atom stereocenters. The molecule has 0 saturated carbocycles. The number of rotatable bonds is 10. The lowest BCUT2D eigenvalue weighted by atomic mass is 10.2. The molecule has 4 N–H and O–H groups in total. The molecule has 10 heteroatoms. The zero-order valence-electron chi connectivity index (χ0n) is 17.8. The van der Waals surface area contributed by atoms with E-state index in [4.69, 9.17) is 0 Å². The first-order chi connectivity index (χ1) is 15.3. The standard InChI is InChI=1S/C22H26BrN5O3S/c1-3-17(14-29)26-21-20(23)13-24-22(28-21)27-18-8-10-19(11-9-18)32(30,31)25-12-16-6-4-15(2)5-7-16/h4-11,13,17,25,29H,3,12,14H2,1-2H3,(H2,24,26,27,28)/t17-/m1/s1. The number of nitrogens with zero attached hydrogens (tertiary/aromatic N) is 2. The van der Waals surface area contributed by atoms with Crippen molar-refractivity contribution >= 4 is 43.4 Å². The summed E-state index contributed by atoms with van der Waals surface area (Å²) in [6, 6.07) is 13.9. The van der Waals surface area contributed by atoms with Crippen molar-refractivity contribution in [2.45, 2.75) is 37.8 Å². The van der Waals surface area contributed by atoms with Gasteiger partial charge in [0.25, 0.3) is 0 Å². The number of nitrogens with one attached hydrogen (secondary N) is 3. The second kappa shape index (κ2) is 10.9. The predicted octanol–water partition coefficient (Wildman–Crippen LogP) is 3.95. The molecule has 0 radical (unpaired) electrons. The van der Waals surface area contributed by atoms with Gasteiger partial charge in [-0.1, -0.05) is 36.8 Å². The second-order valence-electron chi connectivity index (χ2n) is 7.28. The highest BCUT2D eigenvalue weighted by atomic mass is 79.9. The molecule has 0 aliphatic rings. The summed E-state index contributed by atoms with van der Waals surface area (Å²) in [6.07, 6.45) is 2.35. The molecular weight excluding hydrogens is 494 g/mol. The van der Waals surface area contributed by atoms with Crippen LogP contribution in [0.4, 0.5) is 17.5 Å². The van der Waals surface area contributed by atoms with Crippen molar-refractivity contribution in [2.75, 3.05) is 17.2 Å².